The molecule has 0 aromatic carbocycles. The van der Waals surface area contributed by atoms with E-state index in [1.807, 2.05) is 4.90 Å². The predicted octanol–water partition coefficient (Wildman–Crippen LogP) is 2.49. The van der Waals surface area contributed by atoms with Gasteiger partial charge in [0.1, 0.15) is 6.04 Å². The van der Waals surface area contributed by atoms with Crippen molar-refractivity contribution in [1.29, 1.82) is 0 Å². The third kappa shape index (κ3) is 2.80. The summed E-state index contributed by atoms with van der Waals surface area (Å²) in [5, 5.41) is 3.06. The molecule has 0 spiro atoms. The Balaban J connectivity index is 1.68. The van der Waals surface area contributed by atoms with Crippen LogP contribution in [0.15, 0.2) is 11.6 Å². The lowest BCUT2D eigenvalue weighted by Gasteiger charge is -2.24. The number of nitrogens with one attached hydrogen (secondary N) is 1. The van der Waals surface area contributed by atoms with Crippen molar-refractivity contribution in [2.45, 2.75) is 65.5 Å². The van der Waals surface area contributed by atoms with Gasteiger partial charge in [-0.1, -0.05) is 25.5 Å². The number of nitrogens with zero attached hydrogens (tertiary/aromatic N) is 1. The lowest BCUT2D eigenvalue weighted by molar-refractivity contribution is -0.140. The predicted molar refractivity (Wildman–Crippen MR) is 86.1 cm³/mol. The molecule has 1 aliphatic heterocycles. The van der Waals surface area contributed by atoms with Gasteiger partial charge >= 0.3 is 0 Å². The highest BCUT2D eigenvalue weighted by atomic mass is 16.2. The van der Waals surface area contributed by atoms with Gasteiger partial charge in [0.15, 0.2) is 0 Å². The first-order valence-corrected chi connectivity index (χ1v) is 8.58. The van der Waals surface area contributed by atoms with Crippen LogP contribution in [0.25, 0.3) is 0 Å². The molecule has 4 nitrogen and oxygen atoms in total. The van der Waals surface area contributed by atoms with Crippen LogP contribution >= 0.6 is 0 Å². The SMILES string of the molecule is CC(C)=C[C@@H]1[C@H](C(=O)N2CCC[C@H]2C(=O)NC2CC2)C1(C)C. The number of rotatable bonds is 4. The maximum atomic E-state index is 12.9. The molecule has 3 atom stereocenters. The van der Waals surface area contributed by atoms with E-state index in [1.165, 1.54) is 5.57 Å². The van der Waals surface area contributed by atoms with Crippen molar-refractivity contribution < 1.29 is 9.59 Å². The van der Waals surface area contributed by atoms with Crippen LogP contribution in [0.5, 0.6) is 0 Å². The van der Waals surface area contributed by atoms with Gasteiger partial charge in [-0.25, -0.2) is 0 Å². The van der Waals surface area contributed by atoms with E-state index in [1.54, 1.807) is 0 Å². The molecule has 3 aliphatic rings. The molecular formula is C18H28N2O2. The second-order valence-corrected chi connectivity index (χ2v) is 8.04. The van der Waals surface area contributed by atoms with Crippen molar-refractivity contribution >= 4 is 11.8 Å². The highest BCUT2D eigenvalue weighted by molar-refractivity contribution is 5.91. The van der Waals surface area contributed by atoms with E-state index in [9.17, 15) is 9.59 Å². The van der Waals surface area contributed by atoms with Crippen molar-refractivity contribution in [1.82, 2.24) is 10.2 Å². The number of carbonyl (C=O) groups excluding carboxylic acids is 2. The Hall–Kier alpha value is -1.32. The number of amides is 2. The molecule has 4 heteroatoms. The Morgan fingerprint density at radius 3 is 2.45 bits per heavy atom. The molecule has 2 aliphatic carbocycles. The van der Waals surface area contributed by atoms with Gasteiger partial charge in [-0.3, -0.25) is 9.59 Å². The summed E-state index contributed by atoms with van der Waals surface area (Å²) in [5.74, 6) is 0.598. The average Bonchev–Trinajstić information content (AvgIpc) is 3.24. The van der Waals surface area contributed by atoms with Crippen LogP contribution in [0.3, 0.4) is 0 Å². The molecule has 2 amide bonds. The molecule has 3 fully saturated rings. The van der Waals surface area contributed by atoms with E-state index in [0.717, 1.165) is 32.2 Å². The Labute approximate surface area is 133 Å². The Morgan fingerprint density at radius 1 is 1.18 bits per heavy atom. The maximum Gasteiger partial charge on any atom is 0.243 e. The fraction of sp³-hybridized carbons (Fsp3) is 0.778. The van der Waals surface area contributed by atoms with Gasteiger partial charge in [0, 0.05) is 12.6 Å². The van der Waals surface area contributed by atoms with Crippen molar-refractivity contribution in [3.63, 3.8) is 0 Å². The van der Waals surface area contributed by atoms with Gasteiger partial charge < -0.3 is 10.2 Å². The maximum absolute atomic E-state index is 12.9. The minimum Gasteiger partial charge on any atom is -0.352 e. The van der Waals surface area contributed by atoms with E-state index in [0.29, 0.717) is 12.0 Å². The van der Waals surface area contributed by atoms with Gasteiger partial charge in [-0.2, -0.15) is 0 Å². The Kier molecular flexibility index (Phi) is 3.82. The zero-order chi connectivity index (χ0) is 16.1. The van der Waals surface area contributed by atoms with Crippen LogP contribution in [-0.4, -0.2) is 35.3 Å². The Bertz CT molecular complexity index is 515. The van der Waals surface area contributed by atoms with Crippen LogP contribution in [0.2, 0.25) is 0 Å². The number of hydrogen-bond donors (Lipinski definition) is 1. The van der Waals surface area contributed by atoms with Crippen LogP contribution in [0, 0.1) is 17.3 Å². The molecule has 0 radical (unpaired) electrons. The number of likely N-dealkylation sites (tertiary alicyclic amines) is 1. The third-order valence-electron chi connectivity index (χ3n) is 5.45. The highest BCUT2D eigenvalue weighted by Crippen LogP contribution is 2.60. The summed E-state index contributed by atoms with van der Waals surface area (Å²) in [6.45, 7) is 9.22. The summed E-state index contributed by atoms with van der Waals surface area (Å²) in [4.78, 5) is 27.2. The number of allylic oxidation sites excluding steroid dienone is 2. The molecule has 1 N–H and O–H groups in total. The monoisotopic (exact) mass is 304 g/mol. The molecule has 0 aromatic rings. The average molecular weight is 304 g/mol. The normalized spacial score (nSPS) is 32.5. The van der Waals surface area contributed by atoms with E-state index in [4.69, 9.17) is 0 Å². The highest BCUT2D eigenvalue weighted by Gasteiger charge is 2.62. The summed E-state index contributed by atoms with van der Waals surface area (Å²) >= 11 is 0. The van der Waals surface area contributed by atoms with Crippen molar-refractivity contribution in [3.05, 3.63) is 11.6 Å². The summed E-state index contributed by atoms with van der Waals surface area (Å²) in [6.07, 6.45) is 6.15. The molecule has 22 heavy (non-hydrogen) atoms. The van der Waals surface area contributed by atoms with Gasteiger partial charge in [0.05, 0.1) is 5.92 Å². The molecule has 2 saturated carbocycles. The minimum absolute atomic E-state index is 0.0223. The third-order valence-corrected chi connectivity index (χ3v) is 5.45. The summed E-state index contributed by atoms with van der Waals surface area (Å²) in [5.41, 5.74) is 1.28. The molecule has 1 heterocycles. The van der Waals surface area contributed by atoms with E-state index >= 15 is 0 Å². The van der Waals surface area contributed by atoms with Crippen LogP contribution < -0.4 is 5.32 Å². The van der Waals surface area contributed by atoms with Gasteiger partial charge in [-0.15, -0.1) is 0 Å². The Morgan fingerprint density at radius 2 is 1.86 bits per heavy atom. The van der Waals surface area contributed by atoms with Gasteiger partial charge in [-0.05, 0) is 50.9 Å². The first-order valence-electron chi connectivity index (χ1n) is 8.58. The molecular weight excluding hydrogens is 276 g/mol. The summed E-state index contributed by atoms with van der Waals surface area (Å²) in [7, 11) is 0. The smallest absolute Gasteiger partial charge is 0.243 e. The number of carbonyl (C=O) groups is 2. The van der Waals surface area contributed by atoms with Crippen LogP contribution in [0.1, 0.15) is 53.4 Å². The lowest BCUT2D eigenvalue weighted by Crippen LogP contribution is -2.47. The van der Waals surface area contributed by atoms with Crippen molar-refractivity contribution in [3.8, 4) is 0 Å². The second-order valence-electron chi connectivity index (χ2n) is 8.04. The van der Waals surface area contributed by atoms with Gasteiger partial charge in [0.2, 0.25) is 11.8 Å². The van der Waals surface area contributed by atoms with Gasteiger partial charge in [0.25, 0.3) is 0 Å². The quantitative estimate of drug-likeness (QED) is 0.811. The molecule has 0 aromatic heterocycles. The van der Waals surface area contributed by atoms with Crippen molar-refractivity contribution in [2.75, 3.05) is 6.54 Å². The molecule has 122 valence electrons. The molecule has 0 bridgehead atoms. The fourth-order valence-electron chi connectivity index (χ4n) is 3.83. The second kappa shape index (κ2) is 5.39. The van der Waals surface area contributed by atoms with Crippen LogP contribution in [0.4, 0.5) is 0 Å². The summed E-state index contributed by atoms with van der Waals surface area (Å²) < 4.78 is 0. The van der Waals surface area contributed by atoms with Crippen molar-refractivity contribution in [2.24, 2.45) is 17.3 Å². The van der Waals surface area contributed by atoms with E-state index < -0.39 is 0 Å². The first kappa shape index (κ1) is 15.6. The zero-order valence-corrected chi connectivity index (χ0v) is 14.2. The summed E-state index contributed by atoms with van der Waals surface area (Å²) in [6, 6.07) is 0.123. The number of hydrogen-bond acceptors (Lipinski definition) is 2. The topological polar surface area (TPSA) is 49.4 Å². The first-order chi connectivity index (χ1) is 10.3. The molecule has 1 saturated heterocycles. The van der Waals surface area contributed by atoms with Crippen LogP contribution in [-0.2, 0) is 9.59 Å². The molecule has 3 rings (SSSR count). The van der Waals surface area contributed by atoms with E-state index in [-0.39, 0.29) is 29.2 Å². The minimum atomic E-state index is -0.239. The largest absolute Gasteiger partial charge is 0.352 e. The fourth-order valence-corrected chi connectivity index (χ4v) is 3.83. The zero-order valence-electron chi connectivity index (χ0n) is 14.2. The van der Waals surface area contributed by atoms with E-state index in [2.05, 4.69) is 39.1 Å². The standard InChI is InChI=1S/C18H28N2O2/c1-11(2)10-13-15(18(13,3)4)17(22)20-9-5-6-14(20)16(21)19-12-7-8-12/h10,12-15H,5-9H2,1-4H3,(H,19,21)/t13-,14+,15-/m1/s1. The molecule has 0 unspecified atom stereocenters. The lowest BCUT2D eigenvalue weighted by atomic mass is 10.1.